The highest BCUT2D eigenvalue weighted by Crippen LogP contribution is 2.62. The summed E-state index contributed by atoms with van der Waals surface area (Å²) in [5.41, 5.74) is -13.4. The van der Waals surface area contributed by atoms with Crippen LogP contribution in [0.5, 0.6) is 0 Å². The molecule has 0 bridgehead atoms. The summed E-state index contributed by atoms with van der Waals surface area (Å²) < 4.78 is 148. The second-order valence-electron chi connectivity index (χ2n) is 3.55. The third-order valence-electron chi connectivity index (χ3n) is 2.37. The standard InChI is InChI=1S/C8F12/c9-3-1(2(4(10)11)5(3,12)13)6(14,7(15,16)17)8(18,19)20. The Bertz CT molecular complexity index is 469. The van der Waals surface area contributed by atoms with Crippen molar-refractivity contribution in [2.45, 2.75) is 23.9 Å². The van der Waals surface area contributed by atoms with Crippen LogP contribution in [0.2, 0.25) is 0 Å². The zero-order chi connectivity index (χ0) is 16.3. The van der Waals surface area contributed by atoms with Crippen LogP contribution in [-0.2, 0) is 0 Å². The van der Waals surface area contributed by atoms with Crippen molar-refractivity contribution in [3.8, 4) is 0 Å². The lowest BCUT2D eigenvalue weighted by atomic mass is 9.75. The molecule has 0 heterocycles. The van der Waals surface area contributed by atoms with Crippen molar-refractivity contribution in [3.63, 3.8) is 0 Å². The van der Waals surface area contributed by atoms with E-state index in [9.17, 15) is 52.7 Å². The molecule has 0 aromatic carbocycles. The Morgan fingerprint density at radius 1 is 0.800 bits per heavy atom. The summed E-state index contributed by atoms with van der Waals surface area (Å²) in [6.07, 6.45) is -17.7. The maximum atomic E-state index is 13.2. The molecule has 0 saturated heterocycles. The smallest absolute Gasteiger partial charge is 0.218 e. The van der Waals surface area contributed by atoms with E-state index in [0.717, 1.165) is 0 Å². The van der Waals surface area contributed by atoms with E-state index in [2.05, 4.69) is 0 Å². The fraction of sp³-hybridized carbons (Fsp3) is 0.500. The molecule has 116 valence electrons. The van der Waals surface area contributed by atoms with Crippen LogP contribution in [0.15, 0.2) is 23.1 Å². The van der Waals surface area contributed by atoms with E-state index in [1.54, 1.807) is 0 Å². The van der Waals surface area contributed by atoms with Gasteiger partial charge in [0, 0.05) is 0 Å². The quantitative estimate of drug-likeness (QED) is 0.605. The lowest BCUT2D eigenvalue weighted by Crippen LogP contribution is -2.59. The van der Waals surface area contributed by atoms with Crippen molar-refractivity contribution < 1.29 is 52.7 Å². The van der Waals surface area contributed by atoms with E-state index in [1.165, 1.54) is 0 Å². The van der Waals surface area contributed by atoms with Crippen LogP contribution < -0.4 is 0 Å². The van der Waals surface area contributed by atoms with Gasteiger partial charge in [0.15, 0.2) is 5.83 Å². The summed E-state index contributed by atoms with van der Waals surface area (Å²) in [5.74, 6) is -8.96. The molecule has 1 aliphatic carbocycles. The second kappa shape index (κ2) is 4.07. The predicted octanol–water partition coefficient (Wildman–Crippen LogP) is 4.84. The Kier molecular flexibility index (Phi) is 3.40. The third-order valence-corrected chi connectivity index (χ3v) is 2.37. The SMILES string of the molecule is FC(F)=C1C(C(F)(C(F)(F)F)C(F)(F)F)=C(F)C1(F)F. The van der Waals surface area contributed by atoms with Gasteiger partial charge in [-0.1, -0.05) is 0 Å². The molecule has 1 aliphatic rings. The summed E-state index contributed by atoms with van der Waals surface area (Å²) in [6.45, 7) is 0. The molecule has 0 spiro atoms. The maximum Gasteiger partial charge on any atom is 0.436 e. The first kappa shape index (κ1) is 16.7. The number of rotatable bonds is 1. The highest BCUT2D eigenvalue weighted by molar-refractivity contribution is 5.60. The number of halogens is 12. The molecule has 0 saturated carbocycles. The van der Waals surface area contributed by atoms with Crippen LogP contribution in [0.3, 0.4) is 0 Å². The number of alkyl halides is 9. The molecule has 0 fully saturated rings. The lowest BCUT2D eigenvalue weighted by Gasteiger charge is -2.39. The van der Waals surface area contributed by atoms with Gasteiger partial charge in [-0.15, -0.1) is 0 Å². The molecular formula is C8F12. The van der Waals surface area contributed by atoms with E-state index >= 15 is 0 Å². The molecule has 12 heteroatoms. The molecule has 0 aromatic heterocycles. The van der Waals surface area contributed by atoms with Crippen LogP contribution >= 0.6 is 0 Å². The number of hydrogen-bond acceptors (Lipinski definition) is 0. The molecule has 20 heavy (non-hydrogen) atoms. The van der Waals surface area contributed by atoms with Crippen LogP contribution in [-0.4, -0.2) is 23.9 Å². The van der Waals surface area contributed by atoms with Crippen molar-refractivity contribution in [3.05, 3.63) is 23.1 Å². The maximum absolute atomic E-state index is 13.2. The molecule has 0 unspecified atom stereocenters. The molecule has 0 atom stereocenters. The van der Waals surface area contributed by atoms with Crippen molar-refractivity contribution in [1.29, 1.82) is 0 Å². The molecule has 0 N–H and O–H groups in total. The fourth-order valence-corrected chi connectivity index (χ4v) is 1.45. The van der Waals surface area contributed by atoms with Gasteiger partial charge in [-0.3, -0.25) is 0 Å². The largest absolute Gasteiger partial charge is 0.436 e. The van der Waals surface area contributed by atoms with Gasteiger partial charge in [0.2, 0.25) is 0 Å². The molecule has 0 aromatic rings. The Labute approximate surface area is 101 Å². The number of hydrogen-bond donors (Lipinski definition) is 0. The van der Waals surface area contributed by atoms with Gasteiger partial charge < -0.3 is 0 Å². The second-order valence-corrected chi connectivity index (χ2v) is 3.55. The molecular weight excluding hydrogens is 324 g/mol. The topological polar surface area (TPSA) is 0 Å². The van der Waals surface area contributed by atoms with Gasteiger partial charge in [0.1, 0.15) is 5.57 Å². The first-order chi connectivity index (χ1) is 8.60. The minimum Gasteiger partial charge on any atom is -0.218 e. The zero-order valence-corrected chi connectivity index (χ0v) is 8.54. The Balaban J connectivity index is 3.72. The average Bonchev–Trinajstić information content (AvgIpc) is 2.19. The Morgan fingerprint density at radius 3 is 1.40 bits per heavy atom. The zero-order valence-electron chi connectivity index (χ0n) is 8.54. The summed E-state index contributed by atoms with van der Waals surface area (Å²) in [4.78, 5) is 0. The molecule has 0 radical (unpaired) electrons. The summed E-state index contributed by atoms with van der Waals surface area (Å²) in [6, 6.07) is 0. The van der Waals surface area contributed by atoms with Gasteiger partial charge in [-0.25, -0.2) is 8.78 Å². The lowest BCUT2D eigenvalue weighted by molar-refractivity contribution is -0.328. The first-order valence-corrected chi connectivity index (χ1v) is 4.27. The molecule has 0 aliphatic heterocycles. The van der Waals surface area contributed by atoms with E-state index < -0.39 is 47.0 Å². The Hall–Kier alpha value is -1.36. The van der Waals surface area contributed by atoms with E-state index in [-0.39, 0.29) is 0 Å². The normalized spacial score (nSPS) is 20.1. The minimum absolute atomic E-state index is 3.26. The minimum atomic E-state index is -6.96. The van der Waals surface area contributed by atoms with Crippen molar-refractivity contribution in [2.75, 3.05) is 0 Å². The average molecular weight is 324 g/mol. The predicted molar refractivity (Wildman–Crippen MR) is 38.3 cm³/mol. The first-order valence-electron chi connectivity index (χ1n) is 4.27. The molecule has 1 rings (SSSR count). The van der Waals surface area contributed by atoms with Crippen molar-refractivity contribution in [1.82, 2.24) is 0 Å². The molecule has 0 amide bonds. The third kappa shape index (κ3) is 1.87. The van der Waals surface area contributed by atoms with Crippen LogP contribution in [0.1, 0.15) is 0 Å². The molecule has 0 nitrogen and oxygen atoms in total. The van der Waals surface area contributed by atoms with Gasteiger partial charge in [0.25, 0.3) is 6.08 Å². The summed E-state index contributed by atoms with van der Waals surface area (Å²) >= 11 is 0. The van der Waals surface area contributed by atoms with Crippen molar-refractivity contribution in [2.24, 2.45) is 0 Å². The van der Waals surface area contributed by atoms with Gasteiger partial charge in [-0.05, 0) is 0 Å². The van der Waals surface area contributed by atoms with Gasteiger partial charge in [-0.2, -0.15) is 43.9 Å². The number of allylic oxidation sites excluding steroid dienone is 3. The highest BCUT2D eigenvalue weighted by Gasteiger charge is 2.80. The summed E-state index contributed by atoms with van der Waals surface area (Å²) in [5, 5.41) is 0. The van der Waals surface area contributed by atoms with E-state index in [1.807, 2.05) is 0 Å². The van der Waals surface area contributed by atoms with Gasteiger partial charge in [0.05, 0.1) is 5.57 Å². The van der Waals surface area contributed by atoms with Gasteiger partial charge >= 0.3 is 23.9 Å². The van der Waals surface area contributed by atoms with Crippen molar-refractivity contribution >= 4 is 0 Å². The fourth-order valence-electron chi connectivity index (χ4n) is 1.45. The monoisotopic (exact) mass is 324 g/mol. The van der Waals surface area contributed by atoms with E-state index in [4.69, 9.17) is 0 Å². The van der Waals surface area contributed by atoms with E-state index in [0.29, 0.717) is 0 Å². The van der Waals surface area contributed by atoms with Crippen LogP contribution in [0.4, 0.5) is 52.7 Å². The van der Waals surface area contributed by atoms with Crippen LogP contribution in [0, 0.1) is 0 Å². The highest BCUT2D eigenvalue weighted by atomic mass is 19.4. The van der Waals surface area contributed by atoms with Crippen LogP contribution in [0.25, 0.3) is 0 Å². The summed E-state index contributed by atoms with van der Waals surface area (Å²) in [7, 11) is 0. The Morgan fingerprint density at radius 2 is 1.15 bits per heavy atom.